The number of unbranched alkanes of at least 4 members (excludes halogenated alkanes) is 1. The molecule has 3 fully saturated rings. The van der Waals surface area contributed by atoms with Crippen LogP contribution in [0.4, 0.5) is 0 Å². The minimum Gasteiger partial charge on any atom is -0.494 e. The van der Waals surface area contributed by atoms with Crippen LogP contribution in [0.5, 0.6) is 5.75 Å². The second-order valence-corrected chi connectivity index (χ2v) is 9.89. The van der Waals surface area contributed by atoms with Gasteiger partial charge in [-0.3, -0.25) is 9.69 Å². The number of ether oxygens (including phenoxy) is 1. The lowest BCUT2D eigenvalue weighted by Gasteiger charge is -2.57. The maximum atomic E-state index is 12.8. The van der Waals surface area contributed by atoms with Gasteiger partial charge in [0.25, 0.3) is 0 Å². The number of carbonyl (C=O) groups is 1. The molecule has 0 saturated carbocycles. The van der Waals surface area contributed by atoms with E-state index in [0.717, 1.165) is 64.2 Å². The monoisotopic (exact) mass is 413 g/mol. The van der Waals surface area contributed by atoms with E-state index < -0.39 is 0 Å². The zero-order valence-electron chi connectivity index (χ0n) is 19.1. The number of piperidine rings is 3. The molecule has 3 aliphatic heterocycles. The van der Waals surface area contributed by atoms with Crippen molar-refractivity contribution in [3.63, 3.8) is 0 Å². The van der Waals surface area contributed by atoms with Gasteiger partial charge in [0.1, 0.15) is 5.75 Å². The fourth-order valence-corrected chi connectivity index (χ4v) is 5.89. The molecule has 5 nitrogen and oxygen atoms in total. The molecule has 1 aromatic carbocycles. The quantitative estimate of drug-likeness (QED) is 0.610. The summed E-state index contributed by atoms with van der Waals surface area (Å²) < 4.78 is 5.82. The third-order valence-corrected chi connectivity index (χ3v) is 7.22. The molecule has 0 N–H and O–H groups in total. The molecule has 0 aliphatic carbocycles. The Kier molecular flexibility index (Phi) is 6.99. The predicted octanol–water partition coefficient (Wildman–Crippen LogP) is 3.63. The van der Waals surface area contributed by atoms with Crippen molar-refractivity contribution in [2.45, 2.75) is 64.1 Å². The minimum absolute atomic E-state index is 0.367. The molecule has 1 amide bonds. The zero-order valence-corrected chi connectivity index (χ0v) is 19.1. The van der Waals surface area contributed by atoms with Crippen LogP contribution >= 0.6 is 0 Å². The Morgan fingerprint density at radius 3 is 2.63 bits per heavy atom. The van der Waals surface area contributed by atoms with Crippen LogP contribution in [0.2, 0.25) is 0 Å². The fourth-order valence-electron chi connectivity index (χ4n) is 5.89. The van der Waals surface area contributed by atoms with Gasteiger partial charge in [0.2, 0.25) is 5.91 Å². The van der Waals surface area contributed by atoms with Crippen LogP contribution in [-0.4, -0.2) is 73.0 Å². The first-order chi connectivity index (χ1) is 14.5. The van der Waals surface area contributed by atoms with Gasteiger partial charge in [-0.1, -0.05) is 25.5 Å². The highest BCUT2D eigenvalue weighted by Crippen LogP contribution is 2.42. The highest BCUT2D eigenvalue weighted by molar-refractivity contribution is 5.78. The molecule has 0 aromatic heterocycles. The van der Waals surface area contributed by atoms with Crippen LogP contribution in [0.1, 0.15) is 51.0 Å². The number of nitrogens with zero attached hydrogens (tertiary/aromatic N) is 3. The second kappa shape index (κ2) is 9.69. The van der Waals surface area contributed by atoms with Crippen molar-refractivity contribution in [1.29, 1.82) is 0 Å². The summed E-state index contributed by atoms with van der Waals surface area (Å²) in [4.78, 5) is 20.1. The molecular formula is C25H39N3O2. The summed E-state index contributed by atoms with van der Waals surface area (Å²) >= 11 is 0. The first-order valence-corrected chi connectivity index (χ1v) is 11.9. The molecule has 1 aromatic rings. The Morgan fingerprint density at radius 1 is 1.13 bits per heavy atom. The van der Waals surface area contributed by atoms with Crippen molar-refractivity contribution in [3.8, 4) is 5.75 Å². The summed E-state index contributed by atoms with van der Waals surface area (Å²) in [5.74, 6) is 2.59. The number of amides is 1. The molecule has 4 rings (SSSR count). The number of likely N-dealkylation sites (N-methyl/N-ethyl adjacent to an activating group) is 1. The van der Waals surface area contributed by atoms with E-state index in [2.05, 4.69) is 60.0 Å². The lowest BCUT2D eigenvalue weighted by atomic mass is 9.72. The Labute approximate surface area is 182 Å². The van der Waals surface area contributed by atoms with Crippen LogP contribution < -0.4 is 4.74 Å². The molecule has 0 radical (unpaired) electrons. The molecule has 166 valence electrons. The van der Waals surface area contributed by atoms with Crippen molar-refractivity contribution in [1.82, 2.24) is 14.7 Å². The van der Waals surface area contributed by atoms with Crippen LogP contribution in [0, 0.1) is 11.8 Å². The highest BCUT2D eigenvalue weighted by Gasteiger charge is 2.49. The summed E-state index contributed by atoms with van der Waals surface area (Å²) in [6.45, 7) is 7.19. The smallest absolute Gasteiger partial charge is 0.223 e. The van der Waals surface area contributed by atoms with Gasteiger partial charge >= 0.3 is 0 Å². The maximum absolute atomic E-state index is 12.8. The van der Waals surface area contributed by atoms with Gasteiger partial charge in [0.05, 0.1) is 6.61 Å². The molecule has 3 saturated heterocycles. The lowest BCUT2D eigenvalue weighted by Crippen LogP contribution is -2.66. The van der Waals surface area contributed by atoms with E-state index in [4.69, 9.17) is 4.74 Å². The number of fused-ring (bicyclic) bond motifs is 4. The Hall–Kier alpha value is -1.59. The third-order valence-electron chi connectivity index (χ3n) is 7.22. The number of carbonyl (C=O) groups excluding carboxylic acids is 1. The average molecular weight is 414 g/mol. The summed E-state index contributed by atoms with van der Waals surface area (Å²) in [5.41, 5.74) is 1.36. The van der Waals surface area contributed by atoms with E-state index in [9.17, 15) is 4.79 Å². The molecule has 30 heavy (non-hydrogen) atoms. The van der Waals surface area contributed by atoms with Crippen LogP contribution in [-0.2, 0) is 11.3 Å². The van der Waals surface area contributed by atoms with E-state index in [1.165, 1.54) is 18.4 Å². The van der Waals surface area contributed by atoms with Crippen LogP contribution in [0.15, 0.2) is 24.3 Å². The molecular weight excluding hydrogens is 374 g/mol. The standard InChI is InChI=1S/C25H39N3O2/c1-4-5-13-30-22-11-9-19(10-12-22)15-27-16-20-14-21(17-27)24(18-26(2)3)28-23(20)7-6-8-25(28)29/h9-12,20-21,23-24H,4-8,13-18H2,1-3H3/t20-,21+,23+,24+/m1/s1. The van der Waals surface area contributed by atoms with Crippen molar-refractivity contribution in [3.05, 3.63) is 29.8 Å². The molecule has 0 unspecified atom stereocenters. The van der Waals surface area contributed by atoms with Gasteiger partial charge < -0.3 is 14.5 Å². The number of benzene rings is 1. The number of hydrogen-bond donors (Lipinski definition) is 0. The summed E-state index contributed by atoms with van der Waals surface area (Å²) in [6, 6.07) is 9.49. The van der Waals surface area contributed by atoms with Gasteiger partial charge in [-0.15, -0.1) is 0 Å². The van der Waals surface area contributed by atoms with Crippen molar-refractivity contribution in [2.24, 2.45) is 11.8 Å². The van der Waals surface area contributed by atoms with Gasteiger partial charge in [-0.2, -0.15) is 0 Å². The van der Waals surface area contributed by atoms with Crippen molar-refractivity contribution >= 4 is 5.91 Å². The normalized spacial score (nSPS) is 29.2. The second-order valence-electron chi connectivity index (χ2n) is 9.89. The molecule has 0 spiro atoms. The maximum Gasteiger partial charge on any atom is 0.223 e. The van der Waals surface area contributed by atoms with Crippen LogP contribution in [0.3, 0.4) is 0 Å². The van der Waals surface area contributed by atoms with Gasteiger partial charge in [-0.05, 0) is 69.3 Å². The Bertz CT molecular complexity index is 705. The topological polar surface area (TPSA) is 36.0 Å². The SMILES string of the molecule is CCCCOc1ccc(CN2C[C@H]3C[C@@H](C2)[C@H](CN(C)C)N2C(=O)CCC[C@@H]32)cc1. The molecule has 3 heterocycles. The van der Waals surface area contributed by atoms with E-state index in [0.29, 0.717) is 29.8 Å². The van der Waals surface area contributed by atoms with Crippen molar-refractivity contribution < 1.29 is 9.53 Å². The zero-order chi connectivity index (χ0) is 21.1. The first kappa shape index (κ1) is 21.6. The predicted molar refractivity (Wildman–Crippen MR) is 121 cm³/mol. The van der Waals surface area contributed by atoms with E-state index in [1.54, 1.807) is 0 Å². The molecule has 2 bridgehead atoms. The van der Waals surface area contributed by atoms with E-state index in [-0.39, 0.29) is 0 Å². The highest BCUT2D eigenvalue weighted by atomic mass is 16.5. The lowest BCUT2D eigenvalue weighted by molar-refractivity contribution is -0.153. The van der Waals surface area contributed by atoms with E-state index >= 15 is 0 Å². The van der Waals surface area contributed by atoms with E-state index in [1.807, 2.05) is 0 Å². The summed E-state index contributed by atoms with van der Waals surface area (Å²) in [6.07, 6.45) is 6.55. The number of likely N-dealkylation sites (tertiary alicyclic amines) is 1. The van der Waals surface area contributed by atoms with Gasteiger partial charge in [-0.25, -0.2) is 0 Å². The molecule has 3 aliphatic rings. The average Bonchev–Trinajstić information content (AvgIpc) is 2.72. The van der Waals surface area contributed by atoms with Gasteiger partial charge in [0, 0.05) is 44.7 Å². The first-order valence-electron chi connectivity index (χ1n) is 11.9. The Morgan fingerprint density at radius 2 is 1.90 bits per heavy atom. The third kappa shape index (κ3) is 4.83. The number of hydrogen-bond acceptors (Lipinski definition) is 4. The fraction of sp³-hybridized carbons (Fsp3) is 0.720. The van der Waals surface area contributed by atoms with Gasteiger partial charge in [0.15, 0.2) is 0 Å². The molecule has 5 heteroatoms. The largest absolute Gasteiger partial charge is 0.494 e. The molecule has 4 atom stereocenters. The number of rotatable bonds is 8. The van der Waals surface area contributed by atoms with Crippen molar-refractivity contribution in [2.75, 3.05) is 40.3 Å². The minimum atomic E-state index is 0.367. The summed E-state index contributed by atoms with van der Waals surface area (Å²) in [7, 11) is 4.28. The Balaban J connectivity index is 1.43. The summed E-state index contributed by atoms with van der Waals surface area (Å²) in [5, 5.41) is 0. The van der Waals surface area contributed by atoms with Crippen LogP contribution in [0.25, 0.3) is 0 Å².